The first-order valence-electron chi connectivity index (χ1n) is 11.7. The van der Waals surface area contributed by atoms with E-state index in [1.807, 2.05) is 45.2 Å². The van der Waals surface area contributed by atoms with Crippen LogP contribution >= 0.6 is 0 Å². The van der Waals surface area contributed by atoms with Crippen LogP contribution < -0.4 is 5.32 Å². The van der Waals surface area contributed by atoms with Crippen LogP contribution in [-0.4, -0.2) is 28.9 Å². The molecule has 1 saturated heterocycles. The molecule has 1 amide bonds. The van der Waals surface area contributed by atoms with Crippen molar-refractivity contribution in [2.45, 2.75) is 60.0 Å². The first-order valence-corrected chi connectivity index (χ1v) is 11.7. The van der Waals surface area contributed by atoms with Crippen LogP contribution in [0.1, 0.15) is 62.2 Å². The van der Waals surface area contributed by atoms with Crippen molar-refractivity contribution in [3.05, 3.63) is 65.2 Å². The van der Waals surface area contributed by atoms with Gasteiger partial charge in [-0.1, -0.05) is 38.5 Å². The molecule has 3 heterocycles. The number of aryl methyl sites for hydroxylation is 2. The number of hydrogen-bond acceptors (Lipinski definition) is 4. The fourth-order valence-electron chi connectivity index (χ4n) is 4.60. The summed E-state index contributed by atoms with van der Waals surface area (Å²) in [5.41, 5.74) is 3.94. The zero-order chi connectivity index (χ0) is 22.9. The maximum Gasteiger partial charge on any atom is 0.225 e. The van der Waals surface area contributed by atoms with Gasteiger partial charge in [0.05, 0.1) is 18.3 Å². The number of likely N-dealkylation sites (tertiary alicyclic amines) is 1. The SMILES string of the molecule is Cc1ccc2oc(CN3CCC[C@@H]([C@H](NC(=O)C(C)(C)C)c4ccccn4)C3)c(C)c2c1. The van der Waals surface area contributed by atoms with Gasteiger partial charge in [-0.2, -0.15) is 0 Å². The second-order valence-corrected chi connectivity index (χ2v) is 10.2. The Kier molecular flexibility index (Phi) is 6.38. The topological polar surface area (TPSA) is 58.4 Å². The summed E-state index contributed by atoms with van der Waals surface area (Å²) in [6.07, 6.45) is 3.98. The van der Waals surface area contributed by atoms with E-state index in [0.717, 1.165) is 49.5 Å². The fourth-order valence-corrected chi connectivity index (χ4v) is 4.60. The number of hydrogen-bond donors (Lipinski definition) is 1. The highest BCUT2D eigenvalue weighted by atomic mass is 16.3. The lowest BCUT2D eigenvalue weighted by atomic mass is 9.86. The minimum Gasteiger partial charge on any atom is -0.459 e. The average Bonchev–Trinajstić information content (AvgIpc) is 3.06. The van der Waals surface area contributed by atoms with E-state index in [0.29, 0.717) is 5.92 Å². The van der Waals surface area contributed by atoms with Gasteiger partial charge in [-0.25, -0.2) is 0 Å². The predicted molar refractivity (Wildman–Crippen MR) is 128 cm³/mol. The van der Waals surface area contributed by atoms with Crippen molar-refractivity contribution < 1.29 is 9.21 Å². The number of amides is 1. The summed E-state index contributed by atoms with van der Waals surface area (Å²) in [6, 6.07) is 12.2. The van der Waals surface area contributed by atoms with E-state index in [4.69, 9.17) is 4.42 Å². The molecule has 0 saturated carbocycles. The second kappa shape index (κ2) is 9.07. The molecule has 2 aromatic heterocycles. The highest BCUT2D eigenvalue weighted by Gasteiger charge is 2.33. The van der Waals surface area contributed by atoms with E-state index in [-0.39, 0.29) is 11.9 Å². The Hall–Kier alpha value is -2.66. The van der Waals surface area contributed by atoms with E-state index in [1.54, 1.807) is 0 Å². The van der Waals surface area contributed by atoms with Crippen molar-refractivity contribution in [1.82, 2.24) is 15.2 Å². The molecule has 0 bridgehead atoms. The molecule has 1 aliphatic rings. The summed E-state index contributed by atoms with van der Waals surface area (Å²) in [5, 5.41) is 4.52. The van der Waals surface area contributed by atoms with E-state index in [1.165, 1.54) is 16.5 Å². The zero-order valence-electron chi connectivity index (χ0n) is 19.9. The number of pyridine rings is 1. The molecular formula is C27H35N3O2. The second-order valence-electron chi connectivity index (χ2n) is 10.2. The maximum absolute atomic E-state index is 12.9. The maximum atomic E-state index is 12.9. The van der Waals surface area contributed by atoms with Crippen molar-refractivity contribution in [1.29, 1.82) is 0 Å². The molecule has 5 nitrogen and oxygen atoms in total. The quantitative estimate of drug-likeness (QED) is 0.572. The Bertz CT molecular complexity index is 1080. The molecule has 2 atom stereocenters. The number of fused-ring (bicyclic) bond motifs is 1. The number of carbonyl (C=O) groups excluding carboxylic acids is 1. The van der Waals surface area contributed by atoms with Gasteiger partial charge in [0, 0.05) is 23.5 Å². The van der Waals surface area contributed by atoms with Gasteiger partial charge in [-0.3, -0.25) is 14.7 Å². The van der Waals surface area contributed by atoms with Crippen LogP contribution in [0.15, 0.2) is 47.0 Å². The first kappa shape index (κ1) is 22.5. The molecule has 0 spiro atoms. The van der Waals surface area contributed by atoms with E-state index in [9.17, 15) is 4.79 Å². The molecular weight excluding hydrogens is 398 g/mol. The van der Waals surface area contributed by atoms with Crippen molar-refractivity contribution in [3.8, 4) is 0 Å². The first-order chi connectivity index (χ1) is 15.2. The van der Waals surface area contributed by atoms with Gasteiger partial charge in [0.15, 0.2) is 0 Å². The Morgan fingerprint density at radius 1 is 1.25 bits per heavy atom. The van der Waals surface area contributed by atoms with Crippen LogP contribution in [0.4, 0.5) is 0 Å². The van der Waals surface area contributed by atoms with E-state index >= 15 is 0 Å². The molecule has 170 valence electrons. The Morgan fingerprint density at radius 3 is 2.78 bits per heavy atom. The third-order valence-corrected chi connectivity index (χ3v) is 6.55. The molecule has 4 rings (SSSR count). The van der Waals surface area contributed by atoms with Gasteiger partial charge in [0.1, 0.15) is 11.3 Å². The summed E-state index contributed by atoms with van der Waals surface area (Å²) < 4.78 is 6.22. The Labute approximate surface area is 191 Å². The summed E-state index contributed by atoms with van der Waals surface area (Å²) >= 11 is 0. The lowest BCUT2D eigenvalue weighted by molar-refractivity contribution is -0.130. The summed E-state index contributed by atoms with van der Waals surface area (Å²) in [6.45, 7) is 12.9. The van der Waals surface area contributed by atoms with Crippen molar-refractivity contribution in [3.63, 3.8) is 0 Å². The molecule has 0 unspecified atom stereocenters. The van der Waals surface area contributed by atoms with Gasteiger partial charge >= 0.3 is 0 Å². The molecule has 1 aromatic carbocycles. The lowest BCUT2D eigenvalue weighted by Crippen LogP contribution is -2.45. The number of carbonyl (C=O) groups is 1. The van der Waals surface area contributed by atoms with Crippen LogP contribution in [0.2, 0.25) is 0 Å². The molecule has 0 aliphatic carbocycles. The van der Waals surface area contributed by atoms with Crippen molar-refractivity contribution in [2.24, 2.45) is 11.3 Å². The number of furan rings is 1. The highest BCUT2D eigenvalue weighted by Crippen LogP contribution is 2.33. The minimum atomic E-state index is -0.440. The molecule has 32 heavy (non-hydrogen) atoms. The molecule has 1 fully saturated rings. The Balaban J connectivity index is 1.54. The van der Waals surface area contributed by atoms with Gasteiger partial charge < -0.3 is 9.73 Å². The fraction of sp³-hybridized carbons (Fsp3) is 0.481. The Morgan fingerprint density at radius 2 is 2.06 bits per heavy atom. The monoisotopic (exact) mass is 433 g/mol. The molecule has 0 radical (unpaired) electrons. The number of nitrogens with one attached hydrogen (secondary N) is 1. The van der Waals surface area contributed by atoms with Gasteiger partial charge in [0.25, 0.3) is 0 Å². The van der Waals surface area contributed by atoms with Crippen molar-refractivity contribution >= 4 is 16.9 Å². The van der Waals surface area contributed by atoms with Crippen molar-refractivity contribution in [2.75, 3.05) is 13.1 Å². The summed E-state index contributed by atoms with van der Waals surface area (Å²) in [7, 11) is 0. The molecule has 5 heteroatoms. The molecule has 1 N–H and O–H groups in total. The highest BCUT2D eigenvalue weighted by molar-refractivity contribution is 5.83. The van der Waals surface area contributed by atoms with E-state index in [2.05, 4.69) is 47.2 Å². The van der Waals surface area contributed by atoms with Gasteiger partial charge in [-0.15, -0.1) is 0 Å². The standard InChI is InChI=1S/C27H35N3O2/c1-18-11-12-23-21(15-18)19(2)24(32-23)17-30-14-8-9-20(16-30)25(22-10-6-7-13-28-22)29-26(31)27(3,4)5/h6-7,10-13,15,20,25H,8-9,14,16-17H2,1-5H3,(H,29,31)/t20-,25+/m1/s1. The van der Waals surface area contributed by atoms with Crippen LogP contribution in [0.25, 0.3) is 11.0 Å². The summed E-state index contributed by atoms with van der Waals surface area (Å²) in [4.78, 5) is 19.9. The largest absolute Gasteiger partial charge is 0.459 e. The average molecular weight is 434 g/mol. The number of nitrogens with zero attached hydrogens (tertiary/aromatic N) is 2. The minimum absolute atomic E-state index is 0.0637. The number of rotatable bonds is 5. The predicted octanol–water partition coefficient (Wildman–Crippen LogP) is 5.56. The van der Waals surface area contributed by atoms with Crippen LogP contribution in [0, 0.1) is 25.2 Å². The molecule has 3 aromatic rings. The van der Waals surface area contributed by atoms with Gasteiger partial charge in [-0.05, 0) is 69.0 Å². The molecule has 1 aliphatic heterocycles. The number of aromatic nitrogens is 1. The van der Waals surface area contributed by atoms with Crippen LogP contribution in [0.3, 0.4) is 0 Å². The van der Waals surface area contributed by atoms with Gasteiger partial charge in [0.2, 0.25) is 5.91 Å². The van der Waals surface area contributed by atoms with Crippen LogP contribution in [0.5, 0.6) is 0 Å². The number of benzene rings is 1. The number of piperidine rings is 1. The normalized spacial score (nSPS) is 18.6. The smallest absolute Gasteiger partial charge is 0.225 e. The van der Waals surface area contributed by atoms with E-state index < -0.39 is 5.41 Å². The third-order valence-electron chi connectivity index (χ3n) is 6.55. The third kappa shape index (κ3) is 4.88. The summed E-state index contributed by atoms with van der Waals surface area (Å²) in [5.74, 6) is 1.41. The lowest BCUT2D eigenvalue weighted by Gasteiger charge is -2.37. The van der Waals surface area contributed by atoms with Crippen LogP contribution in [-0.2, 0) is 11.3 Å². The zero-order valence-corrected chi connectivity index (χ0v) is 19.9.